The van der Waals surface area contributed by atoms with Crippen molar-refractivity contribution in [2.45, 2.75) is 33.2 Å². The van der Waals surface area contributed by atoms with Crippen LogP contribution in [-0.2, 0) is 11.2 Å². The predicted octanol–water partition coefficient (Wildman–Crippen LogP) is 2.10. The Labute approximate surface area is 162 Å². The smallest absolute Gasteiger partial charge is 0.321 e. The molecule has 3 N–H and O–H groups in total. The molecule has 1 aromatic rings. The first-order valence-corrected chi connectivity index (χ1v) is 9.11. The molecule has 3 amide bonds. The molecule has 1 atom stereocenters. The average Bonchev–Trinajstić information content (AvgIpc) is 2.60. The summed E-state index contributed by atoms with van der Waals surface area (Å²) in [4.78, 5) is 26.1. The molecule has 0 bridgehead atoms. The summed E-state index contributed by atoms with van der Waals surface area (Å²) >= 11 is 0. The van der Waals surface area contributed by atoms with E-state index in [0.29, 0.717) is 12.5 Å². The number of hydrogen-bond donors (Lipinski definition) is 3. The lowest BCUT2D eigenvalue weighted by molar-refractivity contribution is -0.122. The minimum Gasteiger partial charge on any atom is -0.338 e. The minimum atomic E-state index is -0.419. The summed E-state index contributed by atoms with van der Waals surface area (Å²) in [5.74, 6) is 0.0860. The third-order valence-electron chi connectivity index (χ3n) is 4.40. The first-order valence-electron chi connectivity index (χ1n) is 9.11. The topological polar surface area (TPSA) is 73.5 Å². The lowest BCUT2D eigenvalue weighted by Crippen LogP contribution is -2.51. The van der Waals surface area contributed by atoms with Gasteiger partial charge in [-0.1, -0.05) is 45.0 Å². The van der Waals surface area contributed by atoms with Gasteiger partial charge in [0.05, 0.1) is 6.54 Å². The summed E-state index contributed by atoms with van der Waals surface area (Å²) in [6.07, 6.45) is 1.01. The minimum absolute atomic E-state index is 0. The Hall–Kier alpha value is -1.63. The van der Waals surface area contributed by atoms with Gasteiger partial charge in [-0.2, -0.15) is 0 Å². The van der Waals surface area contributed by atoms with Crippen molar-refractivity contribution in [1.29, 1.82) is 0 Å². The van der Waals surface area contributed by atoms with Crippen molar-refractivity contribution in [3.05, 3.63) is 35.4 Å². The molecule has 1 unspecified atom stereocenters. The van der Waals surface area contributed by atoms with Crippen LogP contribution >= 0.6 is 12.4 Å². The second-order valence-electron chi connectivity index (χ2n) is 6.94. The Bertz CT molecular complexity index is 577. The number of halogens is 1. The van der Waals surface area contributed by atoms with Crippen LogP contribution in [0.2, 0.25) is 0 Å². The zero-order valence-corrected chi connectivity index (χ0v) is 16.7. The molecule has 146 valence electrons. The van der Waals surface area contributed by atoms with Gasteiger partial charge in [0.15, 0.2) is 0 Å². The Morgan fingerprint density at radius 1 is 1.27 bits per heavy atom. The molecular weight excluding hydrogens is 352 g/mol. The van der Waals surface area contributed by atoms with E-state index >= 15 is 0 Å². The van der Waals surface area contributed by atoms with E-state index in [1.54, 1.807) is 0 Å². The Morgan fingerprint density at radius 3 is 2.58 bits per heavy atom. The molecular formula is C19H31ClN4O2. The third kappa shape index (κ3) is 6.94. The van der Waals surface area contributed by atoms with E-state index in [1.165, 1.54) is 11.1 Å². The lowest BCUT2D eigenvalue weighted by Gasteiger charge is -2.36. The molecule has 1 aliphatic rings. The van der Waals surface area contributed by atoms with Crippen LogP contribution in [0.4, 0.5) is 4.79 Å². The maximum absolute atomic E-state index is 12.2. The van der Waals surface area contributed by atoms with Crippen LogP contribution in [0.1, 0.15) is 37.9 Å². The summed E-state index contributed by atoms with van der Waals surface area (Å²) in [5.41, 5.74) is 2.50. The summed E-state index contributed by atoms with van der Waals surface area (Å²) in [6.45, 7) is 9.36. The first-order chi connectivity index (χ1) is 12.0. The zero-order valence-electron chi connectivity index (χ0n) is 15.9. The predicted molar refractivity (Wildman–Crippen MR) is 107 cm³/mol. The van der Waals surface area contributed by atoms with Crippen molar-refractivity contribution in [3.63, 3.8) is 0 Å². The fraction of sp³-hybridized carbons (Fsp3) is 0.579. The van der Waals surface area contributed by atoms with E-state index in [2.05, 4.69) is 52.0 Å². The highest BCUT2D eigenvalue weighted by molar-refractivity contribution is 5.95. The van der Waals surface area contributed by atoms with Gasteiger partial charge in [-0.3, -0.25) is 15.0 Å². The van der Waals surface area contributed by atoms with Gasteiger partial charge in [0, 0.05) is 32.2 Å². The van der Waals surface area contributed by atoms with Crippen molar-refractivity contribution >= 4 is 24.3 Å². The van der Waals surface area contributed by atoms with Gasteiger partial charge in [0.25, 0.3) is 0 Å². The van der Waals surface area contributed by atoms with Gasteiger partial charge in [0.1, 0.15) is 0 Å². The number of rotatable bonds is 6. The number of urea groups is 1. The fourth-order valence-electron chi connectivity index (χ4n) is 2.93. The number of nitrogens with one attached hydrogen (secondary N) is 3. The summed E-state index contributed by atoms with van der Waals surface area (Å²) < 4.78 is 0. The van der Waals surface area contributed by atoms with Crippen LogP contribution in [0.15, 0.2) is 24.3 Å². The summed E-state index contributed by atoms with van der Waals surface area (Å²) in [7, 11) is 0. The average molecular weight is 383 g/mol. The summed E-state index contributed by atoms with van der Waals surface area (Å²) in [5, 5.41) is 8.51. The molecule has 26 heavy (non-hydrogen) atoms. The van der Waals surface area contributed by atoms with Gasteiger partial charge < -0.3 is 10.6 Å². The van der Waals surface area contributed by atoms with Crippen molar-refractivity contribution in [2.24, 2.45) is 5.92 Å². The number of hydrogen-bond acceptors (Lipinski definition) is 4. The first kappa shape index (κ1) is 22.4. The Balaban J connectivity index is 0.00000338. The molecule has 6 nitrogen and oxygen atoms in total. The number of imide groups is 1. The van der Waals surface area contributed by atoms with Crippen molar-refractivity contribution < 1.29 is 9.59 Å². The molecule has 1 heterocycles. The van der Waals surface area contributed by atoms with Crippen molar-refractivity contribution in [2.75, 3.05) is 32.7 Å². The quantitative estimate of drug-likeness (QED) is 0.704. The molecule has 1 aliphatic heterocycles. The van der Waals surface area contributed by atoms with Crippen LogP contribution in [-0.4, -0.2) is 49.6 Å². The second kappa shape index (κ2) is 11.2. The lowest BCUT2D eigenvalue weighted by atomic mass is 10.0. The molecule has 1 aromatic carbocycles. The zero-order chi connectivity index (χ0) is 18.2. The van der Waals surface area contributed by atoms with Crippen molar-refractivity contribution in [3.8, 4) is 0 Å². The molecule has 1 saturated heterocycles. The number of nitrogens with zero attached hydrogens (tertiary/aromatic N) is 1. The molecule has 0 aliphatic carbocycles. The molecule has 7 heteroatoms. The van der Waals surface area contributed by atoms with Crippen LogP contribution in [0.3, 0.4) is 0 Å². The van der Waals surface area contributed by atoms with E-state index in [4.69, 9.17) is 0 Å². The highest BCUT2D eigenvalue weighted by Crippen LogP contribution is 2.22. The SMILES string of the molecule is CCc1ccc(C2CNCCN2CC(=O)NC(=O)NCC(C)C)cc1.Cl. The van der Waals surface area contributed by atoms with Gasteiger partial charge in [0.2, 0.25) is 5.91 Å². The van der Waals surface area contributed by atoms with Gasteiger partial charge in [-0.15, -0.1) is 12.4 Å². The van der Waals surface area contributed by atoms with Crippen LogP contribution in [0.5, 0.6) is 0 Å². The van der Waals surface area contributed by atoms with Crippen LogP contribution in [0, 0.1) is 5.92 Å². The van der Waals surface area contributed by atoms with Crippen molar-refractivity contribution in [1.82, 2.24) is 20.9 Å². The second-order valence-corrected chi connectivity index (χ2v) is 6.94. The molecule has 0 aromatic heterocycles. The molecule has 1 fully saturated rings. The molecule has 0 saturated carbocycles. The van der Waals surface area contributed by atoms with E-state index in [0.717, 1.165) is 26.1 Å². The van der Waals surface area contributed by atoms with Gasteiger partial charge in [-0.05, 0) is 23.5 Å². The number of carbonyl (C=O) groups is 2. The number of aryl methyl sites for hydroxylation is 1. The van der Waals surface area contributed by atoms with E-state index in [1.807, 2.05) is 13.8 Å². The largest absolute Gasteiger partial charge is 0.338 e. The molecule has 2 rings (SSSR count). The Kier molecular flexibility index (Phi) is 9.62. The molecule has 0 radical (unpaired) electrons. The van der Waals surface area contributed by atoms with E-state index in [9.17, 15) is 9.59 Å². The van der Waals surface area contributed by atoms with E-state index < -0.39 is 6.03 Å². The highest BCUT2D eigenvalue weighted by atomic mass is 35.5. The standard InChI is InChI=1S/C19H30N4O2.ClH/c1-4-15-5-7-16(8-6-15)17-12-20-9-10-23(17)13-18(24)22-19(25)21-11-14(2)3;/h5-8,14,17,20H,4,9-13H2,1-3H3,(H2,21,22,24,25);1H. The highest BCUT2D eigenvalue weighted by Gasteiger charge is 2.25. The monoisotopic (exact) mass is 382 g/mol. The summed E-state index contributed by atoms with van der Waals surface area (Å²) in [6, 6.07) is 8.28. The number of amides is 3. The molecule has 0 spiro atoms. The fourth-order valence-corrected chi connectivity index (χ4v) is 2.93. The third-order valence-corrected chi connectivity index (χ3v) is 4.40. The maximum Gasteiger partial charge on any atom is 0.321 e. The van der Waals surface area contributed by atoms with E-state index in [-0.39, 0.29) is 30.9 Å². The van der Waals surface area contributed by atoms with Crippen LogP contribution in [0.25, 0.3) is 0 Å². The van der Waals surface area contributed by atoms with Gasteiger partial charge >= 0.3 is 6.03 Å². The van der Waals surface area contributed by atoms with Crippen LogP contribution < -0.4 is 16.0 Å². The number of benzene rings is 1. The maximum atomic E-state index is 12.2. The Morgan fingerprint density at radius 2 is 1.96 bits per heavy atom. The number of piperazine rings is 1. The number of carbonyl (C=O) groups excluding carboxylic acids is 2. The normalized spacial score (nSPS) is 17.5. The van der Waals surface area contributed by atoms with Gasteiger partial charge in [-0.25, -0.2) is 4.79 Å².